The van der Waals surface area contributed by atoms with Crippen LogP contribution in [0.5, 0.6) is 0 Å². The van der Waals surface area contributed by atoms with Gasteiger partial charge in [0.15, 0.2) is 0 Å². The van der Waals surface area contributed by atoms with Crippen LogP contribution in [0.4, 0.5) is 15.8 Å². The molecule has 0 saturated heterocycles. The summed E-state index contributed by atoms with van der Waals surface area (Å²) in [7, 11) is 0. The predicted molar refractivity (Wildman–Crippen MR) is 61.6 cm³/mol. The van der Waals surface area contributed by atoms with E-state index in [1.54, 1.807) is 6.07 Å². The quantitative estimate of drug-likeness (QED) is 0.838. The first-order valence-corrected chi connectivity index (χ1v) is 5.17. The molecule has 0 aliphatic heterocycles. The third kappa shape index (κ3) is 2.76. The van der Waals surface area contributed by atoms with Crippen LogP contribution in [0.25, 0.3) is 0 Å². The maximum absolute atomic E-state index is 12.8. The van der Waals surface area contributed by atoms with Gasteiger partial charge in [0.2, 0.25) is 5.95 Å². The van der Waals surface area contributed by atoms with Gasteiger partial charge in [0.25, 0.3) is 0 Å². The van der Waals surface area contributed by atoms with E-state index in [1.807, 2.05) is 24.3 Å². The Morgan fingerprint density at radius 3 is 2.67 bits per heavy atom. The lowest BCUT2D eigenvalue weighted by molar-refractivity contribution is 0.584. The summed E-state index contributed by atoms with van der Waals surface area (Å²) < 4.78 is 13.8. The van der Waals surface area contributed by atoms with Crippen LogP contribution in [0.3, 0.4) is 0 Å². The first-order valence-electron chi connectivity index (χ1n) is 4.38. The van der Waals surface area contributed by atoms with Gasteiger partial charge in [-0.2, -0.15) is 4.39 Å². The molecule has 1 aromatic carbocycles. The standard InChI is InChI=1S/C11H8BrFN2/c12-8-2-1-3-9(6-8)15-10-4-5-14-11(13)7-10/h1-7H,(H,14,15). The van der Waals surface area contributed by atoms with E-state index < -0.39 is 5.95 Å². The molecule has 0 unspecified atom stereocenters. The van der Waals surface area contributed by atoms with Gasteiger partial charge in [0.1, 0.15) is 0 Å². The van der Waals surface area contributed by atoms with Gasteiger partial charge in [-0.05, 0) is 24.3 Å². The van der Waals surface area contributed by atoms with E-state index in [1.165, 1.54) is 12.3 Å². The molecule has 0 radical (unpaired) electrons. The molecular weight excluding hydrogens is 259 g/mol. The Bertz CT molecular complexity index is 430. The Balaban J connectivity index is 2.22. The second kappa shape index (κ2) is 4.40. The number of benzene rings is 1. The lowest BCUT2D eigenvalue weighted by atomic mass is 10.3. The van der Waals surface area contributed by atoms with Crippen LogP contribution in [-0.2, 0) is 0 Å². The van der Waals surface area contributed by atoms with Gasteiger partial charge in [-0.25, -0.2) is 4.98 Å². The zero-order chi connectivity index (χ0) is 10.7. The largest absolute Gasteiger partial charge is 0.355 e. The van der Waals surface area contributed by atoms with Gasteiger partial charge in [0.05, 0.1) is 0 Å². The maximum atomic E-state index is 12.8. The fourth-order valence-electron chi connectivity index (χ4n) is 1.21. The van der Waals surface area contributed by atoms with Crippen molar-refractivity contribution in [2.75, 3.05) is 5.32 Å². The van der Waals surface area contributed by atoms with Crippen molar-refractivity contribution in [1.82, 2.24) is 4.98 Å². The van der Waals surface area contributed by atoms with Crippen molar-refractivity contribution in [1.29, 1.82) is 0 Å². The topological polar surface area (TPSA) is 24.9 Å². The Morgan fingerprint density at radius 2 is 1.93 bits per heavy atom. The fraction of sp³-hybridized carbons (Fsp3) is 0. The summed E-state index contributed by atoms with van der Waals surface area (Å²) in [5.74, 6) is -0.491. The van der Waals surface area contributed by atoms with Crippen molar-refractivity contribution in [3.05, 3.63) is 53.0 Å². The molecule has 2 nitrogen and oxygen atoms in total. The van der Waals surface area contributed by atoms with Gasteiger partial charge < -0.3 is 5.32 Å². The van der Waals surface area contributed by atoms with E-state index in [0.717, 1.165) is 10.2 Å². The normalized spacial score (nSPS) is 10.0. The molecule has 4 heteroatoms. The summed E-state index contributed by atoms with van der Waals surface area (Å²) in [5.41, 5.74) is 1.58. The van der Waals surface area contributed by atoms with Crippen molar-refractivity contribution in [2.24, 2.45) is 0 Å². The van der Waals surface area contributed by atoms with Gasteiger partial charge in [-0.15, -0.1) is 0 Å². The number of halogens is 2. The first-order chi connectivity index (χ1) is 7.24. The molecule has 0 spiro atoms. The number of hydrogen-bond acceptors (Lipinski definition) is 2. The summed E-state index contributed by atoms with van der Waals surface area (Å²) in [6, 6.07) is 10.7. The Labute approximate surface area is 95.3 Å². The molecule has 0 saturated carbocycles. The maximum Gasteiger partial charge on any atom is 0.214 e. The Hall–Kier alpha value is -1.42. The molecule has 76 valence electrons. The number of nitrogens with one attached hydrogen (secondary N) is 1. The summed E-state index contributed by atoms with van der Waals surface area (Å²) in [6.45, 7) is 0. The average Bonchev–Trinajstić information content (AvgIpc) is 2.17. The van der Waals surface area contributed by atoms with Crippen molar-refractivity contribution >= 4 is 27.3 Å². The van der Waals surface area contributed by atoms with Crippen molar-refractivity contribution in [3.63, 3.8) is 0 Å². The number of rotatable bonds is 2. The SMILES string of the molecule is Fc1cc(Nc2cccc(Br)c2)ccn1. The highest BCUT2D eigenvalue weighted by molar-refractivity contribution is 9.10. The minimum absolute atomic E-state index is 0.491. The summed E-state index contributed by atoms with van der Waals surface area (Å²) in [4.78, 5) is 3.48. The van der Waals surface area contributed by atoms with Crippen molar-refractivity contribution in [2.45, 2.75) is 0 Å². The first kappa shape index (κ1) is 10.1. The molecule has 1 N–H and O–H groups in total. The van der Waals surface area contributed by atoms with Crippen LogP contribution < -0.4 is 5.32 Å². The van der Waals surface area contributed by atoms with Gasteiger partial charge in [0, 0.05) is 28.1 Å². The Kier molecular flexibility index (Phi) is 2.97. The van der Waals surface area contributed by atoms with Crippen LogP contribution in [0.2, 0.25) is 0 Å². The third-order valence-corrected chi connectivity index (χ3v) is 2.33. The highest BCUT2D eigenvalue weighted by Crippen LogP contribution is 2.20. The van der Waals surface area contributed by atoms with E-state index >= 15 is 0 Å². The monoisotopic (exact) mass is 266 g/mol. The summed E-state index contributed by atoms with van der Waals surface area (Å²) in [6.07, 6.45) is 1.43. The minimum Gasteiger partial charge on any atom is -0.355 e. The van der Waals surface area contributed by atoms with E-state index in [9.17, 15) is 4.39 Å². The smallest absolute Gasteiger partial charge is 0.214 e. The molecule has 0 fully saturated rings. The van der Waals surface area contributed by atoms with Crippen molar-refractivity contribution < 1.29 is 4.39 Å². The number of anilines is 2. The number of aromatic nitrogens is 1. The lowest BCUT2D eigenvalue weighted by Gasteiger charge is -2.05. The molecule has 1 heterocycles. The fourth-order valence-corrected chi connectivity index (χ4v) is 1.61. The molecule has 0 amide bonds. The summed E-state index contributed by atoms with van der Waals surface area (Å²) >= 11 is 3.36. The van der Waals surface area contributed by atoms with Gasteiger partial charge >= 0.3 is 0 Å². The summed E-state index contributed by atoms with van der Waals surface area (Å²) in [5, 5.41) is 3.08. The number of pyridine rings is 1. The number of hydrogen-bond donors (Lipinski definition) is 1. The van der Waals surface area contributed by atoms with Gasteiger partial charge in [-0.3, -0.25) is 0 Å². The van der Waals surface area contributed by atoms with Crippen LogP contribution in [0.1, 0.15) is 0 Å². The second-order valence-electron chi connectivity index (χ2n) is 3.00. The molecule has 2 rings (SSSR count). The number of nitrogens with zero attached hydrogens (tertiary/aromatic N) is 1. The molecule has 15 heavy (non-hydrogen) atoms. The predicted octanol–water partition coefficient (Wildman–Crippen LogP) is 3.73. The van der Waals surface area contributed by atoms with Crippen LogP contribution in [0.15, 0.2) is 47.1 Å². The third-order valence-electron chi connectivity index (χ3n) is 1.84. The molecule has 0 bridgehead atoms. The van der Waals surface area contributed by atoms with Crippen molar-refractivity contribution in [3.8, 4) is 0 Å². The highest BCUT2D eigenvalue weighted by Gasteiger charge is 1.97. The Morgan fingerprint density at radius 1 is 1.13 bits per heavy atom. The van der Waals surface area contributed by atoms with Crippen LogP contribution in [0, 0.1) is 5.95 Å². The van der Waals surface area contributed by atoms with Gasteiger partial charge in [-0.1, -0.05) is 22.0 Å². The van der Waals surface area contributed by atoms with Crippen LogP contribution >= 0.6 is 15.9 Å². The molecule has 1 aromatic heterocycles. The van der Waals surface area contributed by atoms with E-state index in [-0.39, 0.29) is 0 Å². The lowest BCUT2D eigenvalue weighted by Crippen LogP contribution is -1.91. The second-order valence-corrected chi connectivity index (χ2v) is 3.92. The molecule has 2 aromatic rings. The van der Waals surface area contributed by atoms with E-state index in [2.05, 4.69) is 26.2 Å². The molecule has 0 aliphatic rings. The zero-order valence-corrected chi connectivity index (χ0v) is 9.33. The zero-order valence-electron chi connectivity index (χ0n) is 7.74. The minimum atomic E-state index is -0.491. The molecule has 0 aliphatic carbocycles. The van der Waals surface area contributed by atoms with Crippen LogP contribution in [-0.4, -0.2) is 4.98 Å². The van der Waals surface area contributed by atoms with E-state index in [4.69, 9.17) is 0 Å². The average molecular weight is 267 g/mol. The molecule has 0 atom stereocenters. The highest BCUT2D eigenvalue weighted by atomic mass is 79.9. The molecular formula is C11H8BrFN2. The van der Waals surface area contributed by atoms with E-state index in [0.29, 0.717) is 5.69 Å².